The van der Waals surface area contributed by atoms with Gasteiger partial charge in [-0.05, 0) is 41.8 Å². The summed E-state index contributed by atoms with van der Waals surface area (Å²) in [4.78, 5) is 0. The average Bonchev–Trinajstić information content (AvgIpc) is 2.51. The van der Waals surface area contributed by atoms with Crippen LogP contribution in [0.4, 0.5) is 0 Å². The highest BCUT2D eigenvalue weighted by Gasteiger charge is 2.15. The van der Waals surface area contributed by atoms with Gasteiger partial charge in [-0.15, -0.1) is 0 Å². The molecular formula is C16H19ClN2O2. The molecule has 0 aliphatic carbocycles. The first-order valence-corrected chi connectivity index (χ1v) is 6.92. The smallest absolute Gasteiger partial charge is 0.122 e. The van der Waals surface area contributed by atoms with Crippen LogP contribution in [-0.2, 0) is 0 Å². The Balaban J connectivity index is 2.47. The molecule has 0 amide bonds. The molecule has 3 N–H and O–H groups in total. The van der Waals surface area contributed by atoms with Crippen LogP contribution in [0.1, 0.15) is 22.7 Å². The van der Waals surface area contributed by atoms with E-state index in [1.54, 1.807) is 14.2 Å². The van der Waals surface area contributed by atoms with E-state index in [0.29, 0.717) is 16.5 Å². The van der Waals surface area contributed by atoms with Crippen LogP contribution in [0.15, 0.2) is 36.4 Å². The number of rotatable bonds is 5. The molecule has 0 aromatic heterocycles. The molecule has 5 heteroatoms. The van der Waals surface area contributed by atoms with Crippen molar-refractivity contribution >= 4 is 11.6 Å². The third-order valence-electron chi connectivity index (χ3n) is 3.40. The minimum absolute atomic E-state index is 0.202. The number of methoxy groups -OCH3 is 2. The van der Waals surface area contributed by atoms with E-state index in [2.05, 4.69) is 5.43 Å². The molecule has 1 unspecified atom stereocenters. The van der Waals surface area contributed by atoms with Gasteiger partial charge in [0.05, 0.1) is 20.3 Å². The lowest BCUT2D eigenvalue weighted by Gasteiger charge is -2.19. The van der Waals surface area contributed by atoms with Gasteiger partial charge in [0, 0.05) is 11.1 Å². The summed E-state index contributed by atoms with van der Waals surface area (Å²) in [5.74, 6) is 7.16. The summed E-state index contributed by atoms with van der Waals surface area (Å²) in [5.41, 5.74) is 5.76. The van der Waals surface area contributed by atoms with Crippen LogP contribution >= 0.6 is 11.6 Å². The van der Waals surface area contributed by atoms with Gasteiger partial charge in [-0.1, -0.05) is 23.7 Å². The van der Waals surface area contributed by atoms with E-state index in [1.807, 2.05) is 43.3 Å². The van der Waals surface area contributed by atoms with Crippen molar-refractivity contribution in [3.8, 4) is 11.5 Å². The van der Waals surface area contributed by atoms with Crippen molar-refractivity contribution in [3.05, 3.63) is 58.1 Å². The molecule has 0 bridgehead atoms. The predicted molar refractivity (Wildman–Crippen MR) is 84.9 cm³/mol. The molecule has 21 heavy (non-hydrogen) atoms. The second-order valence-electron chi connectivity index (χ2n) is 4.75. The van der Waals surface area contributed by atoms with E-state index in [-0.39, 0.29) is 6.04 Å². The number of nitrogens with two attached hydrogens (primary N) is 1. The SMILES string of the molecule is COc1cc(OC)cc(C(NN)c2ccc(C)c(Cl)c2)c1. The monoisotopic (exact) mass is 306 g/mol. The van der Waals surface area contributed by atoms with Crippen LogP contribution < -0.4 is 20.7 Å². The van der Waals surface area contributed by atoms with Gasteiger partial charge in [0.25, 0.3) is 0 Å². The topological polar surface area (TPSA) is 56.5 Å². The van der Waals surface area contributed by atoms with Crippen LogP contribution in [-0.4, -0.2) is 14.2 Å². The second kappa shape index (κ2) is 6.80. The largest absolute Gasteiger partial charge is 0.497 e. The quantitative estimate of drug-likeness (QED) is 0.658. The maximum Gasteiger partial charge on any atom is 0.122 e. The van der Waals surface area contributed by atoms with Crippen LogP contribution in [0.2, 0.25) is 5.02 Å². The maximum atomic E-state index is 6.20. The molecule has 1 atom stereocenters. The maximum absolute atomic E-state index is 6.20. The molecule has 0 aliphatic rings. The Morgan fingerprint density at radius 1 is 1.00 bits per heavy atom. The lowest BCUT2D eigenvalue weighted by molar-refractivity contribution is 0.392. The lowest BCUT2D eigenvalue weighted by atomic mass is 9.98. The number of hydrazine groups is 1. The third-order valence-corrected chi connectivity index (χ3v) is 3.81. The summed E-state index contributed by atoms with van der Waals surface area (Å²) in [7, 11) is 3.23. The van der Waals surface area contributed by atoms with Crippen LogP contribution in [0.5, 0.6) is 11.5 Å². The Morgan fingerprint density at radius 3 is 2.10 bits per heavy atom. The Hall–Kier alpha value is -1.75. The molecule has 2 aromatic rings. The van der Waals surface area contributed by atoms with Gasteiger partial charge in [-0.3, -0.25) is 5.84 Å². The standard InChI is InChI=1S/C16H19ClN2O2/c1-10-4-5-11(8-15(10)17)16(19-18)12-6-13(20-2)9-14(7-12)21-3/h4-9,16,19H,18H2,1-3H3. The van der Waals surface area contributed by atoms with Gasteiger partial charge in [-0.25, -0.2) is 5.43 Å². The first kappa shape index (κ1) is 15.6. The summed E-state index contributed by atoms with van der Waals surface area (Å²) in [5, 5.41) is 0.711. The molecule has 0 saturated heterocycles. The summed E-state index contributed by atoms with van der Waals surface area (Å²) < 4.78 is 10.6. The van der Waals surface area contributed by atoms with Crippen LogP contribution in [0.25, 0.3) is 0 Å². The third kappa shape index (κ3) is 3.47. The Morgan fingerprint density at radius 2 is 1.62 bits per heavy atom. The van der Waals surface area contributed by atoms with Gasteiger partial charge in [-0.2, -0.15) is 0 Å². The Bertz CT molecular complexity index is 609. The zero-order valence-corrected chi connectivity index (χ0v) is 13.1. The number of halogens is 1. The fourth-order valence-electron chi connectivity index (χ4n) is 2.17. The Kier molecular flexibility index (Phi) is 5.07. The first-order chi connectivity index (χ1) is 10.1. The summed E-state index contributed by atoms with van der Waals surface area (Å²) in [6.45, 7) is 1.96. The van der Waals surface area contributed by atoms with Crippen molar-refractivity contribution < 1.29 is 9.47 Å². The van der Waals surface area contributed by atoms with E-state index in [1.165, 1.54) is 0 Å². The number of benzene rings is 2. The molecule has 0 saturated carbocycles. The van der Waals surface area contributed by atoms with E-state index >= 15 is 0 Å². The van der Waals surface area contributed by atoms with Gasteiger partial charge in [0.15, 0.2) is 0 Å². The first-order valence-electron chi connectivity index (χ1n) is 6.54. The van der Waals surface area contributed by atoms with Gasteiger partial charge >= 0.3 is 0 Å². The highest BCUT2D eigenvalue weighted by atomic mass is 35.5. The van der Waals surface area contributed by atoms with Crippen molar-refractivity contribution in [1.29, 1.82) is 0 Å². The normalized spacial score (nSPS) is 12.0. The van der Waals surface area contributed by atoms with Crippen molar-refractivity contribution in [3.63, 3.8) is 0 Å². The van der Waals surface area contributed by atoms with Gasteiger partial charge in [0.1, 0.15) is 11.5 Å². The molecular weight excluding hydrogens is 288 g/mol. The minimum Gasteiger partial charge on any atom is -0.497 e. The molecule has 2 aromatic carbocycles. The Labute approximate surface area is 129 Å². The van der Waals surface area contributed by atoms with Crippen LogP contribution in [0, 0.1) is 6.92 Å². The van der Waals surface area contributed by atoms with Crippen molar-refractivity contribution in [1.82, 2.24) is 5.43 Å². The highest BCUT2D eigenvalue weighted by molar-refractivity contribution is 6.31. The molecule has 112 valence electrons. The van der Waals surface area contributed by atoms with E-state index in [4.69, 9.17) is 26.9 Å². The average molecular weight is 307 g/mol. The number of hydrogen-bond donors (Lipinski definition) is 2. The minimum atomic E-state index is -0.202. The summed E-state index contributed by atoms with van der Waals surface area (Å²) >= 11 is 6.20. The predicted octanol–water partition coefficient (Wildman–Crippen LogP) is 3.22. The number of hydrogen-bond acceptors (Lipinski definition) is 4. The zero-order chi connectivity index (χ0) is 15.4. The number of nitrogens with one attached hydrogen (secondary N) is 1. The van der Waals surface area contributed by atoms with Crippen molar-refractivity contribution in [2.75, 3.05) is 14.2 Å². The molecule has 0 fully saturated rings. The van der Waals surface area contributed by atoms with E-state index in [9.17, 15) is 0 Å². The lowest BCUT2D eigenvalue weighted by Crippen LogP contribution is -2.28. The van der Waals surface area contributed by atoms with Crippen molar-refractivity contribution in [2.24, 2.45) is 5.84 Å². The van der Waals surface area contributed by atoms with Crippen LogP contribution in [0.3, 0.4) is 0 Å². The van der Waals surface area contributed by atoms with E-state index < -0.39 is 0 Å². The fraction of sp³-hybridized carbons (Fsp3) is 0.250. The number of aryl methyl sites for hydroxylation is 1. The molecule has 2 rings (SSSR count). The van der Waals surface area contributed by atoms with E-state index in [0.717, 1.165) is 16.7 Å². The van der Waals surface area contributed by atoms with Gasteiger partial charge in [0.2, 0.25) is 0 Å². The molecule has 0 heterocycles. The summed E-state index contributed by atoms with van der Waals surface area (Å²) in [6, 6.07) is 11.3. The number of ether oxygens (including phenoxy) is 2. The molecule has 0 spiro atoms. The fourth-order valence-corrected chi connectivity index (χ4v) is 2.36. The van der Waals surface area contributed by atoms with Gasteiger partial charge < -0.3 is 9.47 Å². The second-order valence-corrected chi connectivity index (χ2v) is 5.16. The zero-order valence-electron chi connectivity index (χ0n) is 12.3. The highest BCUT2D eigenvalue weighted by Crippen LogP contribution is 2.31. The molecule has 0 radical (unpaired) electrons. The summed E-state index contributed by atoms with van der Waals surface area (Å²) in [6.07, 6.45) is 0. The molecule has 4 nitrogen and oxygen atoms in total. The molecule has 0 aliphatic heterocycles. The van der Waals surface area contributed by atoms with Crippen molar-refractivity contribution in [2.45, 2.75) is 13.0 Å².